The number of hydrogen-bond donors (Lipinski definition) is 0. The van der Waals surface area contributed by atoms with Gasteiger partial charge >= 0.3 is 0 Å². The lowest BCUT2D eigenvalue weighted by Gasteiger charge is -2.29. The van der Waals surface area contributed by atoms with Crippen molar-refractivity contribution in [2.75, 3.05) is 20.3 Å². The topological polar surface area (TPSA) is 51.9 Å². The molecule has 3 atom stereocenters. The first kappa shape index (κ1) is 13.8. The molecule has 1 saturated carbocycles. The maximum atomic E-state index is 12.9. The molecule has 1 amide bonds. The van der Waals surface area contributed by atoms with Crippen LogP contribution < -0.4 is 0 Å². The predicted molar refractivity (Wildman–Crippen MR) is 80.8 cm³/mol. The molecule has 0 unspecified atom stereocenters. The Labute approximate surface area is 128 Å². The van der Waals surface area contributed by atoms with Crippen molar-refractivity contribution in [3.05, 3.63) is 36.1 Å². The molecule has 1 aromatic carbocycles. The average Bonchev–Trinajstić information content (AvgIpc) is 3.07. The van der Waals surface area contributed by atoms with Crippen LogP contribution in [0.15, 0.2) is 34.7 Å². The lowest BCUT2D eigenvalue weighted by molar-refractivity contribution is -0.0317. The fraction of sp³-hybridized carbons (Fsp3) is 0.471. The molecule has 2 fully saturated rings. The number of fused-ring (bicyclic) bond motifs is 3. The normalized spacial score (nSPS) is 28.0. The molecule has 0 N–H and O–H groups in total. The largest absolute Gasteiger partial charge is 0.451 e. The molecule has 4 rings (SSSR count). The van der Waals surface area contributed by atoms with Gasteiger partial charge in [-0.05, 0) is 25.0 Å². The second kappa shape index (κ2) is 5.41. The summed E-state index contributed by atoms with van der Waals surface area (Å²) < 4.78 is 17.1. The van der Waals surface area contributed by atoms with Crippen molar-refractivity contribution in [3.63, 3.8) is 0 Å². The predicted octanol–water partition coefficient (Wildman–Crippen LogP) is 2.45. The van der Waals surface area contributed by atoms with Gasteiger partial charge in [-0.15, -0.1) is 0 Å². The Morgan fingerprint density at radius 2 is 2.18 bits per heavy atom. The molecule has 116 valence electrons. The number of benzene rings is 1. The van der Waals surface area contributed by atoms with Crippen molar-refractivity contribution < 1.29 is 18.7 Å². The molecule has 2 aliphatic rings. The molecule has 2 bridgehead atoms. The van der Waals surface area contributed by atoms with Crippen molar-refractivity contribution in [1.82, 2.24) is 4.90 Å². The van der Waals surface area contributed by atoms with Crippen molar-refractivity contribution in [2.45, 2.75) is 31.1 Å². The van der Waals surface area contributed by atoms with E-state index in [4.69, 9.17) is 13.9 Å². The maximum absolute atomic E-state index is 12.9. The molecular weight excluding hydrogens is 282 g/mol. The van der Waals surface area contributed by atoms with Crippen molar-refractivity contribution in [2.24, 2.45) is 0 Å². The second-order valence-corrected chi connectivity index (χ2v) is 5.90. The molecule has 22 heavy (non-hydrogen) atoms. The van der Waals surface area contributed by atoms with Gasteiger partial charge in [-0.2, -0.15) is 0 Å². The van der Waals surface area contributed by atoms with E-state index in [9.17, 15) is 4.79 Å². The third-order valence-corrected chi connectivity index (χ3v) is 4.73. The van der Waals surface area contributed by atoms with E-state index in [1.165, 1.54) is 0 Å². The Kier molecular flexibility index (Phi) is 3.39. The first-order valence-electron chi connectivity index (χ1n) is 7.72. The zero-order valence-electron chi connectivity index (χ0n) is 12.5. The molecule has 1 saturated heterocycles. The van der Waals surface area contributed by atoms with E-state index < -0.39 is 0 Å². The first-order chi connectivity index (χ1) is 10.8. The van der Waals surface area contributed by atoms with Gasteiger partial charge in [-0.3, -0.25) is 4.79 Å². The molecule has 5 heteroatoms. The molecule has 1 aromatic heterocycles. The van der Waals surface area contributed by atoms with E-state index in [1.54, 1.807) is 7.11 Å². The summed E-state index contributed by atoms with van der Waals surface area (Å²) in [5, 5.41) is 0.949. The summed E-state index contributed by atoms with van der Waals surface area (Å²) in [5.41, 5.74) is 0.740. The van der Waals surface area contributed by atoms with E-state index >= 15 is 0 Å². The van der Waals surface area contributed by atoms with Crippen molar-refractivity contribution >= 4 is 16.9 Å². The van der Waals surface area contributed by atoms with E-state index in [2.05, 4.69) is 0 Å². The Balaban J connectivity index is 1.66. The Bertz CT molecular complexity index is 662. The highest BCUT2D eigenvalue weighted by Gasteiger charge is 2.44. The van der Waals surface area contributed by atoms with Crippen LogP contribution in [0.5, 0.6) is 0 Å². The molecule has 2 aromatic rings. The number of nitrogens with zero attached hydrogens (tertiary/aromatic N) is 1. The fourth-order valence-electron chi connectivity index (χ4n) is 3.68. The first-order valence-corrected chi connectivity index (χ1v) is 7.72. The van der Waals surface area contributed by atoms with Crippen molar-refractivity contribution in [3.8, 4) is 0 Å². The SMILES string of the molecule is CO[C@@H]1[C@H]2CC[C@H]1OCCN2C(=O)c1cc2ccccc2o1. The van der Waals surface area contributed by atoms with Crippen molar-refractivity contribution in [1.29, 1.82) is 0 Å². The second-order valence-electron chi connectivity index (χ2n) is 5.90. The van der Waals surface area contributed by atoms with Gasteiger partial charge in [0, 0.05) is 19.0 Å². The number of rotatable bonds is 2. The fourth-order valence-corrected chi connectivity index (χ4v) is 3.68. The minimum absolute atomic E-state index is 0.0455. The summed E-state index contributed by atoms with van der Waals surface area (Å²) in [6.07, 6.45) is 1.90. The molecule has 1 aliphatic carbocycles. The highest BCUT2D eigenvalue weighted by atomic mass is 16.5. The van der Waals surface area contributed by atoms with Crippen LogP contribution in [0.2, 0.25) is 0 Å². The van der Waals surface area contributed by atoms with Crippen LogP contribution in [-0.4, -0.2) is 49.3 Å². The van der Waals surface area contributed by atoms with Crippen LogP contribution in [0.1, 0.15) is 23.4 Å². The lowest BCUT2D eigenvalue weighted by atomic mass is 10.1. The van der Waals surface area contributed by atoms with Crippen LogP contribution in [0, 0.1) is 0 Å². The number of hydrogen-bond acceptors (Lipinski definition) is 4. The van der Waals surface area contributed by atoms with Crippen LogP contribution in [0.3, 0.4) is 0 Å². The van der Waals surface area contributed by atoms with E-state index in [0.717, 1.165) is 23.8 Å². The van der Waals surface area contributed by atoms with Crippen LogP contribution in [0.25, 0.3) is 11.0 Å². The highest BCUT2D eigenvalue weighted by Crippen LogP contribution is 2.33. The van der Waals surface area contributed by atoms with Crippen LogP contribution >= 0.6 is 0 Å². The minimum atomic E-state index is -0.0746. The Hall–Kier alpha value is -1.85. The summed E-state index contributed by atoms with van der Waals surface area (Å²) in [6, 6.07) is 9.55. The molecule has 1 aliphatic heterocycles. The molecule has 5 nitrogen and oxygen atoms in total. The number of furan rings is 1. The molecule has 2 heterocycles. The van der Waals surface area contributed by atoms with E-state index in [1.807, 2.05) is 35.2 Å². The van der Waals surface area contributed by atoms with Gasteiger partial charge in [0.15, 0.2) is 5.76 Å². The number of methoxy groups -OCH3 is 1. The third-order valence-electron chi connectivity index (χ3n) is 4.73. The smallest absolute Gasteiger partial charge is 0.290 e. The van der Waals surface area contributed by atoms with Gasteiger partial charge in [0.25, 0.3) is 5.91 Å². The van der Waals surface area contributed by atoms with E-state index in [-0.39, 0.29) is 24.2 Å². The van der Waals surface area contributed by atoms with E-state index in [0.29, 0.717) is 18.9 Å². The molecular formula is C17H19NO4. The number of amides is 1. The Morgan fingerprint density at radius 1 is 1.32 bits per heavy atom. The number of para-hydroxylation sites is 1. The number of ether oxygens (including phenoxy) is 2. The summed E-state index contributed by atoms with van der Waals surface area (Å²) >= 11 is 0. The quantitative estimate of drug-likeness (QED) is 0.855. The zero-order chi connectivity index (χ0) is 15.1. The van der Waals surface area contributed by atoms with Crippen LogP contribution in [0.4, 0.5) is 0 Å². The Morgan fingerprint density at radius 3 is 3.00 bits per heavy atom. The zero-order valence-corrected chi connectivity index (χ0v) is 12.5. The van der Waals surface area contributed by atoms with Gasteiger partial charge in [-0.1, -0.05) is 18.2 Å². The molecule has 0 radical (unpaired) electrons. The highest BCUT2D eigenvalue weighted by molar-refractivity contribution is 5.96. The molecule has 0 spiro atoms. The summed E-state index contributed by atoms with van der Waals surface area (Å²) in [4.78, 5) is 14.8. The van der Waals surface area contributed by atoms with Gasteiger partial charge < -0.3 is 18.8 Å². The number of carbonyl (C=O) groups is 1. The van der Waals surface area contributed by atoms with Gasteiger partial charge in [0.1, 0.15) is 11.7 Å². The number of carbonyl (C=O) groups excluding carboxylic acids is 1. The monoisotopic (exact) mass is 301 g/mol. The summed E-state index contributed by atoms with van der Waals surface area (Å²) in [7, 11) is 1.69. The summed E-state index contributed by atoms with van der Waals surface area (Å²) in [5.74, 6) is 0.316. The average molecular weight is 301 g/mol. The third kappa shape index (κ3) is 2.12. The summed E-state index contributed by atoms with van der Waals surface area (Å²) in [6.45, 7) is 1.13. The lowest BCUT2D eigenvalue weighted by Crippen LogP contribution is -2.46. The van der Waals surface area contributed by atoms with Gasteiger partial charge in [0.05, 0.1) is 18.8 Å². The van der Waals surface area contributed by atoms with Gasteiger partial charge in [-0.25, -0.2) is 0 Å². The minimum Gasteiger partial charge on any atom is -0.451 e. The standard InChI is InChI=1S/C17H19NO4/c1-20-16-12-6-7-14(16)21-9-8-18(12)17(19)15-10-11-4-2-3-5-13(11)22-15/h2-5,10,12,14,16H,6-9H2,1H3/t12-,14-,16-/m1/s1. The van der Waals surface area contributed by atoms with Gasteiger partial charge in [0.2, 0.25) is 0 Å². The van der Waals surface area contributed by atoms with Crippen LogP contribution in [-0.2, 0) is 9.47 Å². The maximum Gasteiger partial charge on any atom is 0.290 e.